The molecule has 0 aliphatic rings. The average Bonchev–Trinajstić information content (AvgIpc) is 3.48. The summed E-state index contributed by atoms with van der Waals surface area (Å²) in [7, 11) is 0. The molecule has 160 valence electrons. The van der Waals surface area contributed by atoms with E-state index in [4.69, 9.17) is 9.97 Å². The molecule has 4 heterocycles. The molecule has 4 aromatic heterocycles. The number of nitrogens with one attached hydrogen (secondary N) is 2. The molecule has 8 heteroatoms. The van der Waals surface area contributed by atoms with Crippen molar-refractivity contribution in [1.29, 1.82) is 0 Å². The molecule has 0 fully saturated rings. The highest BCUT2D eigenvalue weighted by Crippen LogP contribution is 2.29. The summed E-state index contributed by atoms with van der Waals surface area (Å²) >= 11 is 0. The number of rotatable bonds is 5. The Balaban J connectivity index is 1.37. The first-order valence-corrected chi connectivity index (χ1v) is 10.8. The third kappa shape index (κ3) is 3.51. The number of imidazole rings is 2. The largest absolute Gasteiger partial charge is 0.341 e. The smallest absolute Gasteiger partial charge is 0.159 e. The molecule has 0 bridgehead atoms. The Bertz CT molecular complexity index is 1440. The Labute approximate surface area is 189 Å². The van der Waals surface area contributed by atoms with Gasteiger partial charge in [0, 0.05) is 35.9 Å². The number of fused-ring (bicyclic) bond motifs is 2. The highest BCUT2D eigenvalue weighted by molar-refractivity contribution is 5.82. The normalized spacial score (nSPS) is 11.6. The van der Waals surface area contributed by atoms with Gasteiger partial charge in [0.1, 0.15) is 11.6 Å². The molecule has 0 unspecified atom stereocenters. The molecule has 6 rings (SSSR count). The van der Waals surface area contributed by atoms with Gasteiger partial charge in [-0.3, -0.25) is 0 Å². The quantitative estimate of drug-likeness (QED) is 0.401. The fourth-order valence-electron chi connectivity index (χ4n) is 4.08. The van der Waals surface area contributed by atoms with Crippen molar-refractivity contribution < 1.29 is 0 Å². The van der Waals surface area contributed by atoms with Crippen LogP contribution in [0.2, 0.25) is 0 Å². The van der Waals surface area contributed by atoms with Crippen molar-refractivity contribution in [2.24, 2.45) is 0 Å². The van der Waals surface area contributed by atoms with E-state index in [0.29, 0.717) is 11.6 Å². The van der Waals surface area contributed by atoms with E-state index in [9.17, 15) is 0 Å². The first-order valence-electron chi connectivity index (χ1n) is 10.8. The minimum Gasteiger partial charge on any atom is -0.341 e. The van der Waals surface area contributed by atoms with Gasteiger partial charge in [0.15, 0.2) is 11.6 Å². The van der Waals surface area contributed by atoms with Crippen molar-refractivity contribution in [2.75, 3.05) is 0 Å². The Kier molecular flexibility index (Phi) is 4.61. The Morgan fingerprint density at radius 2 is 1.12 bits per heavy atom. The Morgan fingerprint density at radius 3 is 1.55 bits per heavy atom. The van der Waals surface area contributed by atoms with E-state index in [2.05, 4.69) is 36.8 Å². The van der Waals surface area contributed by atoms with Crippen LogP contribution in [-0.4, -0.2) is 39.9 Å². The van der Waals surface area contributed by atoms with Crippen LogP contribution in [-0.2, 0) is 0 Å². The van der Waals surface area contributed by atoms with Crippen LogP contribution in [0, 0.1) is 0 Å². The maximum Gasteiger partial charge on any atom is 0.159 e. The molecule has 0 radical (unpaired) electrons. The summed E-state index contributed by atoms with van der Waals surface area (Å²) in [5.74, 6) is 3.16. The molecule has 33 heavy (non-hydrogen) atoms. The van der Waals surface area contributed by atoms with Crippen molar-refractivity contribution in [1.82, 2.24) is 39.9 Å². The fourth-order valence-corrected chi connectivity index (χ4v) is 4.08. The van der Waals surface area contributed by atoms with E-state index in [1.165, 1.54) is 0 Å². The lowest BCUT2D eigenvalue weighted by Gasteiger charge is -2.08. The second-order valence-corrected chi connectivity index (χ2v) is 7.81. The highest BCUT2D eigenvalue weighted by atomic mass is 15.0. The van der Waals surface area contributed by atoms with E-state index in [1.54, 1.807) is 24.8 Å². The van der Waals surface area contributed by atoms with Gasteiger partial charge in [0.05, 0.1) is 28.0 Å². The molecule has 0 aliphatic carbocycles. The summed E-state index contributed by atoms with van der Waals surface area (Å²) in [6.07, 6.45) is 7.83. The first kappa shape index (κ1) is 19.2. The lowest BCUT2D eigenvalue weighted by molar-refractivity contribution is 0.694. The van der Waals surface area contributed by atoms with Gasteiger partial charge >= 0.3 is 0 Å². The van der Waals surface area contributed by atoms with E-state index in [-0.39, 0.29) is 5.92 Å². The average molecular weight is 432 g/mol. The molecule has 0 aliphatic heterocycles. The first-order chi connectivity index (χ1) is 16.3. The fraction of sp³-hybridized carbons (Fsp3) is 0.120. The molecular weight excluding hydrogens is 412 g/mol. The molecule has 0 spiro atoms. The van der Waals surface area contributed by atoms with E-state index in [0.717, 1.165) is 51.3 Å². The van der Waals surface area contributed by atoms with Crippen molar-refractivity contribution in [2.45, 2.75) is 19.3 Å². The van der Waals surface area contributed by atoms with Crippen molar-refractivity contribution in [3.63, 3.8) is 0 Å². The zero-order valence-electron chi connectivity index (χ0n) is 17.9. The van der Waals surface area contributed by atoms with E-state index < -0.39 is 0 Å². The standard InChI is InChI=1S/C25H20N8/c1-2-17(24-30-18-7-5-15(13-20(18)32-24)22-26-9-3-10-27-22)25-31-19-8-6-16(14-21(19)33-25)23-28-11-4-12-29-23/h3-14,17H,2H2,1H3,(H,30,32)(H,31,33). The van der Waals surface area contributed by atoms with Crippen molar-refractivity contribution in [3.05, 3.63) is 85.0 Å². The zero-order chi connectivity index (χ0) is 22.2. The lowest BCUT2D eigenvalue weighted by atomic mass is 10.1. The van der Waals surface area contributed by atoms with E-state index in [1.807, 2.05) is 48.5 Å². The minimum atomic E-state index is 0.0117. The predicted molar refractivity (Wildman–Crippen MR) is 126 cm³/mol. The summed E-state index contributed by atoms with van der Waals surface area (Å²) in [6.45, 7) is 2.14. The zero-order valence-corrected chi connectivity index (χ0v) is 17.9. The third-order valence-electron chi connectivity index (χ3n) is 5.72. The highest BCUT2D eigenvalue weighted by Gasteiger charge is 2.20. The van der Waals surface area contributed by atoms with Gasteiger partial charge < -0.3 is 9.97 Å². The van der Waals surface area contributed by atoms with Gasteiger partial charge in [0.25, 0.3) is 0 Å². The number of aromatic nitrogens is 8. The molecule has 8 nitrogen and oxygen atoms in total. The number of aromatic amines is 2. The van der Waals surface area contributed by atoms with Gasteiger partial charge in [-0.1, -0.05) is 6.92 Å². The third-order valence-corrected chi connectivity index (χ3v) is 5.72. The van der Waals surface area contributed by atoms with Crippen LogP contribution in [0.15, 0.2) is 73.3 Å². The number of benzene rings is 2. The predicted octanol–water partition coefficient (Wildman–Crippen LogP) is 4.90. The maximum absolute atomic E-state index is 4.85. The Morgan fingerprint density at radius 1 is 0.667 bits per heavy atom. The van der Waals surface area contributed by atoms with Crippen LogP contribution < -0.4 is 0 Å². The number of hydrogen-bond acceptors (Lipinski definition) is 6. The van der Waals surface area contributed by atoms with Crippen molar-refractivity contribution >= 4 is 22.1 Å². The molecule has 0 saturated heterocycles. The second-order valence-electron chi connectivity index (χ2n) is 7.81. The molecule has 0 atom stereocenters. The second kappa shape index (κ2) is 7.90. The van der Waals surface area contributed by atoms with Crippen LogP contribution in [0.1, 0.15) is 30.9 Å². The number of hydrogen-bond donors (Lipinski definition) is 2. The van der Waals surface area contributed by atoms with Gasteiger partial charge in [-0.25, -0.2) is 29.9 Å². The molecule has 2 N–H and O–H groups in total. The van der Waals surface area contributed by atoms with Crippen LogP contribution in [0.3, 0.4) is 0 Å². The monoisotopic (exact) mass is 432 g/mol. The lowest BCUT2D eigenvalue weighted by Crippen LogP contribution is -2.04. The van der Waals surface area contributed by atoms with Gasteiger partial charge in [-0.2, -0.15) is 0 Å². The number of H-pyrrole nitrogens is 2. The number of nitrogens with zero attached hydrogens (tertiary/aromatic N) is 6. The van der Waals surface area contributed by atoms with Crippen LogP contribution in [0.5, 0.6) is 0 Å². The molecule has 6 aromatic rings. The topological polar surface area (TPSA) is 109 Å². The van der Waals surface area contributed by atoms with Crippen LogP contribution in [0.25, 0.3) is 44.8 Å². The van der Waals surface area contributed by atoms with Crippen molar-refractivity contribution in [3.8, 4) is 22.8 Å². The molecule has 0 amide bonds. The maximum atomic E-state index is 4.85. The minimum absolute atomic E-state index is 0.0117. The van der Waals surface area contributed by atoms with Crippen LogP contribution in [0.4, 0.5) is 0 Å². The van der Waals surface area contributed by atoms with Gasteiger partial charge in [-0.15, -0.1) is 0 Å². The summed E-state index contributed by atoms with van der Waals surface area (Å²) in [5.41, 5.74) is 5.61. The van der Waals surface area contributed by atoms with Gasteiger partial charge in [0.2, 0.25) is 0 Å². The van der Waals surface area contributed by atoms with Crippen LogP contribution >= 0.6 is 0 Å². The van der Waals surface area contributed by atoms with E-state index >= 15 is 0 Å². The molecule has 2 aromatic carbocycles. The molecule has 0 saturated carbocycles. The summed E-state index contributed by atoms with van der Waals surface area (Å²) in [5, 5.41) is 0. The summed E-state index contributed by atoms with van der Waals surface area (Å²) < 4.78 is 0. The van der Waals surface area contributed by atoms with Gasteiger partial charge in [-0.05, 0) is 55.0 Å². The summed E-state index contributed by atoms with van der Waals surface area (Å²) in [6, 6.07) is 15.7. The molecular formula is C25H20N8. The Hall–Kier alpha value is -4.46. The SMILES string of the molecule is CCC(c1nc2ccc(-c3ncccn3)cc2[nH]1)c1nc2ccc(-c3ncccn3)cc2[nH]1. The summed E-state index contributed by atoms with van der Waals surface area (Å²) in [4.78, 5) is 34.1.